The maximum absolute atomic E-state index is 12.0. The Morgan fingerprint density at radius 1 is 1.23 bits per heavy atom. The van der Waals surface area contributed by atoms with Gasteiger partial charge in [-0.25, -0.2) is 9.59 Å². The van der Waals surface area contributed by atoms with Gasteiger partial charge in [0.15, 0.2) is 0 Å². The van der Waals surface area contributed by atoms with E-state index in [0.717, 1.165) is 0 Å². The smallest absolute Gasteiger partial charge is 0.405 e. The fraction of sp³-hybridized carbons (Fsp3) is 0.737. The molecule has 3 amide bonds. The molecule has 174 valence electrons. The highest BCUT2D eigenvalue weighted by Gasteiger charge is 2.56. The van der Waals surface area contributed by atoms with E-state index in [2.05, 4.69) is 26.1 Å². The van der Waals surface area contributed by atoms with Crippen molar-refractivity contribution in [3.8, 4) is 0 Å². The van der Waals surface area contributed by atoms with Crippen molar-refractivity contribution in [1.82, 2.24) is 30.9 Å². The average Bonchev–Trinajstić information content (AvgIpc) is 3.06. The number of hydrogen-bond acceptors (Lipinski definition) is 6. The van der Waals surface area contributed by atoms with Gasteiger partial charge in [-0.15, -0.1) is 0 Å². The lowest BCUT2D eigenvalue weighted by atomic mass is 9.57. The van der Waals surface area contributed by atoms with E-state index in [9.17, 15) is 24.6 Å². The molecule has 0 spiro atoms. The number of carboxylic acid groups (broad SMARTS) is 2. The zero-order chi connectivity index (χ0) is 23.8. The first kappa shape index (κ1) is 24.4. The van der Waals surface area contributed by atoms with E-state index in [-0.39, 0.29) is 25.0 Å². The molecule has 4 atom stereocenters. The molecule has 1 saturated heterocycles. The predicted molar refractivity (Wildman–Crippen MR) is 111 cm³/mol. The number of β-lactam (4-membered cyclic amide) rings is 1. The summed E-state index contributed by atoms with van der Waals surface area (Å²) in [6.45, 7) is 11.6. The molecular formula is C19H33N7O5. The summed E-state index contributed by atoms with van der Waals surface area (Å²) in [6.07, 6.45) is -0.986. The minimum atomic E-state index is -1.29. The third-order valence-electron chi connectivity index (χ3n) is 5.88. The monoisotopic (exact) mass is 439 g/mol. The van der Waals surface area contributed by atoms with Crippen LogP contribution in [0, 0.1) is 16.7 Å². The van der Waals surface area contributed by atoms with Crippen molar-refractivity contribution in [2.75, 3.05) is 6.54 Å². The Morgan fingerprint density at radius 3 is 2.26 bits per heavy atom. The highest BCUT2D eigenvalue weighted by Crippen LogP contribution is 2.50. The van der Waals surface area contributed by atoms with Crippen molar-refractivity contribution >= 4 is 18.1 Å². The number of hydrogen-bond donors (Lipinski definition) is 6. The summed E-state index contributed by atoms with van der Waals surface area (Å²) in [6, 6.07) is -0.975. The Bertz CT molecular complexity index is 841. The summed E-state index contributed by atoms with van der Waals surface area (Å²) in [7, 11) is 0. The first-order valence-corrected chi connectivity index (χ1v) is 10.0. The van der Waals surface area contributed by atoms with Crippen LogP contribution in [-0.2, 0) is 16.9 Å². The molecule has 1 unspecified atom stereocenters. The zero-order valence-corrected chi connectivity index (χ0v) is 18.8. The van der Waals surface area contributed by atoms with Crippen LogP contribution in [0.3, 0.4) is 0 Å². The van der Waals surface area contributed by atoms with Gasteiger partial charge in [-0.1, -0.05) is 41.5 Å². The number of aromatic nitrogens is 3. The van der Waals surface area contributed by atoms with Crippen LogP contribution in [0.5, 0.6) is 0 Å². The molecule has 0 aromatic carbocycles. The van der Waals surface area contributed by atoms with Crippen molar-refractivity contribution in [3.63, 3.8) is 0 Å². The fourth-order valence-electron chi connectivity index (χ4n) is 4.25. The Kier molecular flexibility index (Phi) is 6.55. The first-order valence-electron chi connectivity index (χ1n) is 10.0. The maximum Gasteiger partial charge on any atom is 0.405 e. The second kappa shape index (κ2) is 8.33. The van der Waals surface area contributed by atoms with Gasteiger partial charge in [-0.2, -0.15) is 15.0 Å². The van der Waals surface area contributed by atoms with E-state index in [1.807, 2.05) is 41.5 Å². The Labute approximate surface area is 180 Å². The number of nitrogens with one attached hydrogen (secondary N) is 3. The third-order valence-corrected chi connectivity index (χ3v) is 5.88. The van der Waals surface area contributed by atoms with Gasteiger partial charge in [0.25, 0.3) is 0 Å². The normalized spacial score (nSPS) is 22.0. The molecule has 31 heavy (non-hydrogen) atoms. The summed E-state index contributed by atoms with van der Waals surface area (Å²) in [5.74, 6) is -0.774. The Hall–Kier alpha value is -2.89. The van der Waals surface area contributed by atoms with Gasteiger partial charge in [-0.05, 0) is 10.8 Å². The second-order valence-corrected chi connectivity index (χ2v) is 10.0. The topological polar surface area (TPSA) is 184 Å². The SMILES string of the molecule is CC(C)(C)C(CNC(=O)O)[C@@](NC(=O)O)(c1cnn(C[C@H]2NC(=O)[C@H]2N)n1)C(C)(C)C. The lowest BCUT2D eigenvalue weighted by molar-refractivity contribution is -0.130. The Balaban J connectivity index is 2.57. The van der Waals surface area contributed by atoms with Crippen molar-refractivity contribution in [2.24, 2.45) is 22.5 Å². The van der Waals surface area contributed by atoms with Crippen LogP contribution in [0.4, 0.5) is 9.59 Å². The minimum absolute atomic E-state index is 0.00714. The van der Waals surface area contributed by atoms with Crippen LogP contribution in [0.2, 0.25) is 0 Å². The molecule has 1 aliphatic heterocycles. The number of nitrogens with zero attached hydrogens (tertiary/aromatic N) is 3. The van der Waals surface area contributed by atoms with E-state index in [0.29, 0.717) is 5.69 Å². The van der Waals surface area contributed by atoms with Gasteiger partial charge in [0.1, 0.15) is 11.7 Å². The molecule has 7 N–H and O–H groups in total. The largest absolute Gasteiger partial charge is 0.465 e. The van der Waals surface area contributed by atoms with Crippen LogP contribution in [-0.4, -0.2) is 61.9 Å². The van der Waals surface area contributed by atoms with Crippen LogP contribution >= 0.6 is 0 Å². The van der Waals surface area contributed by atoms with Gasteiger partial charge >= 0.3 is 12.2 Å². The molecule has 1 aromatic heterocycles. The van der Waals surface area contributed by atoms with Gasteiger partial charge in [0.05, 0.1) is 24.3 Å². The number of carbonyl (C=O) groups is 3. The van der Waals surface area contributed by atoms with Crippen LogP contribution in [0.15, 0.2) is 6.20 Å². The molecule has 0 saturated carbocycles. The second-order valence-electron chi connectivity index (χ2n) is 10.0. The quantitative estimate of drug-likeness (QED) is 0.332. The predicted octanol–water partition coefficient (Wildman–Crippen LogP) is 0.543. The van der Waals surface area contributed by atoms with E-state index in [1.54, 1.807) is 0 Å². The molecule has 2 rings (SSSR count). The zero-order valence-electron chi connectivity index (χ0n) is 18.8. The molecule has 1 aromatic rings. The standard InChI is InChI=1S/C19H33N7O5/c1-17(2,3)11(7-21-15(28)29)19(18(4,5)6,24-16(30)31)12-8-22-26(25-12)9-10-13(20)14(27)23-10/h8,10-11,13,21,24H,7,9,20H2,1-6H3,(H,23,27)(H,28,29)(H,30,31)/t10-,11?,13+,19-/m1/s1. The molecule has 0 radical (unpaired) electrons. The van der Waals surface area contributed by atoms with Gasteiger partial charge in [0.2, 0.25) is 5.91 Å². The fourth-order valence-corrected chi connectivity index (χ4v) is 4.25. The number of amides is 3. The average molecular weight is 440 g/mol. The van der Waals surface area contributed by atoms with Crippen molar-refractivity contribution in [1.29, 1.82) is 0 Å². The van der Waals surface area contributed by atoms with E-state index < -0.39 is 40.5 Å². The molecule has 0 aliphatic carbocycles. The van der Waals surface area contributed by atoms with Crippen LogP contribution in [0.25, 0.3) is 0 Å². The summed E-state index contributed by atoms with van der Waals surface area (Å²) >= 11 is 0. The van der Waals surface area contributed by atoms with Crippen molar-refractivity contribution in [2.45, 2.75) is 65.7 Å². The summed E-state index contributed by atoms with van der Waals surface area (Å²) in [5.41, 5.74) is 3.61. The lowest BCUT2D eigenvalue weighted by Gasteiger charge is -2.52. The maximum atomic E-state index is 12.0. The molecular weight excluding hydrogens is 406 g/mol. The van der Waals surface area contributed by atoms with E-state index >= 15 is 0 Å². The van der Waals surface area contributed by atoms with E-state index in [4.69, 9.17) is 5.73 Å². The van der Waals surface area contributed by atoms with Gasteiger partial charge in [-0.3, -0.25) is 4.79 Å². The minimum Gasteiger partial charge on any atom is -0.465 e. The number of nitrogens with two attached hydrogens (primary N) is 1. The molecule has 2 heterocycles. The van der Waals surface area contributed by atoms with Gasteiger partial charge < -0.3 is 31.9 Å². The van der Waals surface area contributed by atoms with E-state index in [1.165, 1.54) is 11.0 Å². The van der Waals surface area contributed by atoms with Crippen molar-refractivity contribution in [3.05, 3.63) is 11.9 Å². The van der Waals surface area contributed by atoms with Crippen LogP contribution < -0.4 is 21.7 Å². The van der Waals surface area contributed by atoms with Gasteiger partial charge in [0, 0.05) is 12.5 Å². The number of carbonyl (C=O) groups excluding carboxylic acids is 1. The number of rotatable bonds is 7. The first-order chi connectivity index (χ1) is 14.1. The molecule has 1 aliphatic rings. The lowest BCUT2D eigenvalue weighted by Crippen LogP contribution is -2.68. The summed E-state index contributed by atoms with van der Waals surface area (Å²) in [4.78, 5) is 35.9. The summed E-state index contributed by atoms with van der Waals surface area (Å²) in [5, 5.41) is 35.5. The molecule has 12 nitrogen and oxygen atoms in total. The molecule has 1 fully saturated rings. The molecule has 12 heteroatoms. The highest BCUT2D eigenvalue weighted by molar-refractivity contribution is 5.88. The third kappa shape index (κ3) is 4.89. The highest BCUT2D eigenvalue weighted by atomic mass is 16.4. The van der Waals surface area contributed by atoms with Crippen LogP contribution in [0.1, 0.15) is 47.2 Å². The molecule has 0 bridgehead atoms. The Morgan fingerprint density at radius 2 is 1.84 bits per heavy atom. The summed E-state index contributed by atoms with van der Waals surface area (Å²) < 4.78 is 0. The van der Waals surface area contributed by atoms with Crippen molar-refractivity contribution < 1.29 is 24.6 Å².